The molecule has 2 N–H and O–H groups in total. The number of aryl methyl sites for hydroxylation is 1. The molecule has 0 bridgehead atoms. The number of carbonyl (C=O) groups is 1. The number of carbonyl (C=O) groups excluding carboxylic acids is 1. The molecule has 1 aromatic heterocycles. The van der Waals surface area contributed by atoms with Gasteiger partial charge in [0.1, 0.15) is 0 Å². The van der Waals surface area contributed by atoms with E-state index in [9.17, 15) is 4.79 Å². The van der Waals surface area contributed by atoms with Gasteiger partial charge in [-0.15, -0.1) is 11.3 Å². The Morgan fingerprint density at radius 1 is 1.42 bits per heavy atom. The van der Waals surface area contributed by atoms with E-state index in [1.807, 2.05) is 0 Å². The zero-order valence-corrected chi connectivity index (χ0v) is 12.1. The van der Waals surface area contributed by atoms with Crippen LogP contribution in [0.1, 0.15) is 30.6 Å². The van der Waals surface area contributed by atoms with Crippen molar-refractivity contribution in [3.8, 4) is 0 Å². The maximum atomic E-state index is 12.2. The molecule has 3 rings (SSSR count). The van der Waals surface area contributed by atoms with E-state index in [-0.39, 0.29) is 0 Å². The summed E-state index contributed by atoms with van der Waals surface area (Å²) in [6.07, 6.45) is 5.05. The van der Waals surface area contributed by atoms with Crippen LogP contribution in [-0.4, -0.2) is 29.9 Å². The molecule has 2 fully saturated rings. The Labute approximate surface area is 118 Å². The predicted molar refractivity (Wildman–Crippen MR) is 78.0 cm³/mol. The maximum Gasteiger partial charge on any atom is 0.222 e. The second-order valence-electron chi connectivity index (χ2n) is 5.90. The van der Waals surface area contributed by atoms with Crippen LogP contribution in [0.2, 0.25) is 0 Å². The average Bonchev–Trinajstić information content (AvgIpc) is 3.08. The number of rotatable bonds is 4. The van der Waals surface area contributed by atoms with E-state index >= 15 is 0 Å². The Kier molecular flexibility index (Phi) is 3.89. The van der Waals surface area contributed by atoms with Crippen molar-refractivity contribution in [2.45, 2.75) is 38.1 Å². The molecule has 1 aliphatic heterocycles. The Morgan fingerprint density at radius 2 is 2.32 bits per heavy atom. The van der Waals surface area contributed by atoms with Gasteiger partial charge in [-0.25, -0.2) is 0 Å². The minimum absolute atomic E-state index is 0.328. The molecule has 1 amide bonds. The fourth-order valence-corrected chi connectivity index (χ4v) is 4.29. The zero-order valence-electron chi connectivity index (χ0n) is 11.3. The van der Waals surface area contributed by atoms with Crippen LogP contribution in [0.4, 0.5) is 0 Å². The van der Waals surface area contributed by atoms with Crippen molar-refractivity contribution in [1.29, 1.82) is 0 Å². The van der Waals surface area contributed by atoms with Crippen LogP contribution in [0, 0.1) is 11.8 Å². The first-order chi connectivity index (χ1) is 9.24. The lowest BCUT2D eigenvalue weighted by Gasteiger charge is -2.18. The quantitative estimate of drug-likeness (QED) is 0.918. The highest BCUT2D eigenvalue weighted by Gasteiger charge is 2.42. The molecule has 3 nitrogen and oxygen atoms in total. The molecule has 2 aliphatic rings. The third kappa shape index (κ3) is 2.84. The van der Waals surface area contributed by atoms with Gasteiger partial charge in [0.25, 0.3) is 0 Å². The van der Waals surface area contributed by atoms with Crippen LogP contribution in [-0.2, 0) is 11.2 Å². The van der Waals surface area contributed by atoms with Crippen molar-refractivity contribution in [3.05, 3.63) is 22.4 Å². The van der Waals surface area contributed by atoms with Gasteiger partial charge in [0.2, 0.25) is 5.91 Å². The van der Waals surface area contributed by atoms with Crippen LogP contribution in [0.15, 0.2) is 17.5 Å². The topological polar surface area (TPSA) is 46.3 Å². The predicted octanol–water partition coefficient (Wildman–Crippen LogP) is 2.27. The van der Waals surface area contributed by atoms with Gasteiger partial charge in [-0.1, -0.05) is 6.07 Å². The Bertz CT molecular complexity index is 431. The molecule has 0 radical (unpaired) electrons. The van der Waals surface area contributed by atoms with Crippen molar-refractivity contribution in [2.75, 3.05) is 13.1 Å². The summed E-state index contributed by atoms with van der Waals surface area (Å²) in [5.41, 5.74) is 6.11. The van der Waals surface area contributed by atoms with E-state index in [2.05, 4.69) is 22.4 Å². The Morgan fingerprint density at radius 3 is 3.05 bits per heavy atom. The highest BCUT2D eigenvalue weighted by atomic mass is 32.1. The van der Waals surface area contributed by atoms with E-state index in [0.29, 0.717) is 30.2 Å². The zero-order chi connectivity index (χ0) is 13.2. The summed E-state index contributed by atoms with van der Waals surface area (Å²) < 4.78 is 0. The summed E-state index contributed by atoms with van der Waals surface area (Å²) in [5.74, 6) is 1.58. The molecule has 4 heteroatoms. The molecule has 104 valence electrons. The van der Waals surface area contributed by atoms with Crippen LogP contribution in [0.25, 0.3) is 0 Å². The molecule has 19 heavy (non-hydrogen) atoms. The molecule has 1 saturated carbocycles. The summed E-state index contributed by atoms with van der Waals surface area (Å²) >= 11 is 1.78. The van der Waals surface area contributed by atoms with E-state index < -0.39 is 0 Å². The second-order valence-corrected chi connectivity index (χ2v) is 6.93. The van der Waals surface area contributed by atoms with Crippen LogP contribution >= 0.6 is 11.3 Å². The average molecular weight is 278 g/mol. The lowest BCUT2D eigenvalue weighted by atomic mass is 9.98. The van der Waals surface area contributed by atoms with Crippen LogP contribution in [0.5, 0.6) is 0 Å². The van der Waals surface area contributed by atoms with E-state index in [1.54, 1.807) is 11.3 Å². The SMILES string of the molecule is NC1CCC2CN(C(=O)CCCc3cccs3)CC12. The number of nitrogens with two attached hydrogens (primary N) is 1. The molecule has 2 heterocycles. The number of likely N-dealkylation sites (tertiary alicyclic amines) is 1. The van der Waals surface area contributed by atoms with Gasteiger partial charge >= 0.3 is 0 Å². The van der Waals surface area contributed by atoms with Gasteiger partial charge in [0.05, 0.1) is 0 Å². The number of fused-ring (bicyclic) bond motifs is 1. The first kappa shape index (κ1) is 13.1. The van der Waals surface area contributed by atoms with Crippen molar-refractivity contribution in [2.24, 2.45) is 17.6 Å². The number of nitrogens with zero attached hydrogens (tertiary/aromatic N) is 1. The van der Waals surface area contributed by atoms with Gasteiger partial charge in [-0.3, -0.25) is 4.79 Å². The van der Waals surface area contributed by atoms with Gasteiger partial charge in [-0.2, -0.15) is 0 Å². The van der Waals surface area contributed by atoms with E-state index in [4.69, 9.17) is 5.73 Å². The Balaban J connectivity index is 1.44. The third-order valence-electron chi connectivity index (χ3n) is 4.66. The highest BCUT2D eigenvalue weighted by molar-refractivity contribution is 7.09. The van der Waals surface area contributed by atoms with Gasteiger partial charge in [0, 0.05) is 30.4 Å². The van der Waals surface area contributed by atoms with E-state index in [1.165, 1.54) is 11.3 Å². The molecular weight excluding hydrogens is 256 g/mol. The summed E-state index contributed by atoms with van der Waals surface area (Å²) in [6.45, 7) is 1.86. The Hall–Kier alpha value is -0.870. The van der Waals surface area contributed by atoms with Gasteiger partial charge in [-0.05, 0) is 49.0 Å². The normalized spacial score (nSPS) is 29.7. The fourth-order valence-electron chi connectivity index (χ4n) is 3.54. The largest absolute Gasteiger partial charge is 0.342 e. The van der Waals surface area contributed by atoms with Crippen molar-refractivity contribution >= 4 is 17.2 Å². The number of hydrogen-bond acceptors (Lipinski definition) is 3. The van der Waals surface area contributed by atoms with Crippen molar-refractivity contribution in [1.82, 2.24) is 4.90 Å². The first-order valence-corrected chi connectivity index (χ1v) is 8.18. The summed E-state index contributed by atoms with van der Waals surface area (Å²) in [4.78, 5) is 15.6. The molecule has 3 atom stereocenters. The van der Waals surface area contributed by atoms with Crippen molar-refractivity contribution < 1.29 is 4.79 Å². The highest BCUT2D eigenvalue weighted by Crippen LogP contribution is 2.37. The minimum atomic E-state index is 0.328. The molecule has 1 aliphatic carbocycles. The second kappa shape index (κ2) is 5.63. The van der Waals surface area contributed by atoms with Gasteiger partial charge in [0.15, 0.2) is 0 Å². The maximum absolute atomic E-state index is 12.2. The number of amides is 1. The lowest BCUT2D eigenvalue weighted by Crippen LogP contribution is -2.33. The molecule has 1 saturated heterocycles. The summed E-state index contributed by atoms with van der Waals surface area (Å²) in [6, 6.07) is 4.55. The molecule has 1 aromatic rings. The van der Waals surface area contributed by atoms with E-state index in [0.717, 1.165) is 32.4 Å². The summed E-state index contributed by atoms with van der Waals surface area (Å²) in [7, 11) is 0. The molecule has 0 aromatic carbocycles. The lowest BCUT2D eigenvalue weighted by molar-refractivity contribution is -0.130. The van der Waals surface area contributed by atoms with Gasteiger partial charge < -0.3 is 10.6 Å². The summed E-state index contributed by atoms with van der Waals surface area (Å²) in [5, 5.41) is 2.10. The fraction of sp³-hybridized carbons (Fsp3) is 0.667. The smallest absolute Gasteiger partial charge is 0.222 e. The molecule has 0 spiro atoms. The molecule has 3 unspecified atom stereocenters. The minimum Gasteiger partial charge on any atom is -0.342 e. The number of hydrogen-bond donors (Lipinski definition) is 1. The first-order valence-electron chi connectivity index (χ1n) is 7.30. The van der Waals surface area contributed by atoms with Crippen LogP contribution in [0.3, 0.4) is 0 Å². The van der Waals surface area contributed by atoms with Crippen molar-refractivity contribution in [3.63, 3.8) is 0 Å². The third-order valence-corrected chi connectivity index (χ3v) is 5.60. The standard InChI is InChI=1S/C15H22N2OS/c16-14-7-6-11-9-17(10-13(11)14)15(18)5-1-3-12-4-2-8-19-12/h2,4,8,11,13-14H,1,3,5-7,9-10,16H2. The monoisotopic (exact) mass is 278 g/mol. The molecular formula is C15H22N2OS. The number of thiophene rings is 1. The van der Waals surface area contributed by atoms with Crippen LogP contribution < -0.4 is 5.73 Å².